The van der Waals surface area contributed by atoms with Crippen LogP contribution < -0.4 is 27.4 Å². The van der Waals surface area contributed by atoms with Crippen LogP contribution in [0.2, 0.25) is 0 Å². The fourth-order valence-corrected chi connectivity index (χ4v) is 8.62. The molecule has 0 spiro atoms. The second kappa shape index (κ2) is 13.2. The summed E-state index contributed by atoms with van der Waals surface area (Å²) >= 11 is 0. The monoisotopic (exact) mass is 438 g/mol. The second-order valence-electron chi connectivity index (χ2n) is 6.92. The van der Waals surface area contributed by atoms with E-state index in [2.05, 4.69) is 133 Å². The molecule has 0 saturated heterocycles. The van der Waals surface area contributed by atoms with Gasteiger partial charge in [0.15, 0.2) is 12.4 Å². The van der Waals surface area contributed by atoms with Crippen molar-refractivity contribution >= 4 is 23.2 Å². The van der Waals surface area contributed by atoms with Crippen LogP contribution in [-0.4, -0.2) is 0 Å². The van der Waals surface area contributed by atoms with Crippen molar-refractivity contribution in [2.75, 3.05) is 0 Å². The zero-order chi connectivity index (χ0) is 23.1. The van der Waals surface area contributed by atoms with Gasteiger partial charge in [0.25, 0.3) is 0 Å². The summed E-state index contributed by atoms with van der Waals surface area (Å²) in [7, 11) is -2.16. The zero-order valence-corrected chi connectivity index (χ0v) is 18.8. The number of nitriles is 2. The van der Waals surface area contributed by atoms with E-state index < -0.39 is 7.26 Å². The maximum atomic E-state index is 7.10. The van der Waals surface area contributed by atoms with Crippen molar-refractivity contribution in [2.45, 2.75) is 6.16 Å². The molecule has 0 heterocycles. The number of rotatable bonds is 5. The van der Waals surface area contributed by atoms with Crippen LogP contribution in [0.4, 0.5) is 0 Å². The normalized spacial score (nSPS) is 10.1. The van der Waals surface area contributed by atoms with E-state index in [1.165, 1.54) is 33.9 Å². The molecule has 0 amide bonds. The first-order valence-electron chi connectivity index (χ1n) is 10.1. The van der Waals surface area contributed by atoms with Gasteiger partial charge in [-0.1, -0.05) is 0 Å². The van der Waals surface area contributed by atoms with Gasteiger partial charge in [0.1, 0.15) is 0 Å². The summed E-state index contributed by atoms with van der Waals surface area (Å²) in [6.45, 7) is 0. The molecule has 4 N–H and O–H groups in total. The van der Waals surface area contributed by atoms with Crippen LogP contribution in [0.5, 0.6) is 0 Å². The van der Waals surface area contributed by atoms with Gasteiger partial charge in [-0.3, -0.25) is 0 Å². The van der Waals surface area contributed by atoms with Crippen molar-refractivity contribution < 1.29 is 0 Å². The third-order valence-electron chi connectivity index (χ3n) is 5.11. The van der Waals surface area contributed by atoms with Crippen LogP contribution in [0.15, 0.2) is 121 Å². The predicted molar refractivity (Wildman–Crippen MR) is 136 cm³/mol. The summed E-state index contributed by atoms with van der Waals surface area (Å²) in [5.74, 6) is 0. The summed E-state index contributed by atoms with van der Waals surface area (Å²) in [6.07, 6.45) is 3.56. The molecule has 160 valence electrons. The summed E-state index contributed by atoms with van der Waals surface area (Å²) in [5.41, 5.74) is 9.70. The fourth-order valence-electron chi connectivity index (χ4n) is 3.88. The molecule has 32 heavy (non-hydrogen) atoms. The Hall–Kier alpha value is -4.11. The molecule has 5 heteroatoms. The standard InChI is InChI=1S/C25H23P.2CH2N2/c1-5-13-22(14-6-1)21-26(23-15-7-2-8-16-23,24-17-9-3-10-18-24)25-19-11-4-12-20-25;2*2-1-3/h1-20,26H,21H2;2*2H2. The van der Waals surface area contributed by atoms with Gasteiger partial charge in [-0.15, -0.1) is 0 Å². The zero-order valence-electron chi connectivity index (χ0n) is 17.8. The Morgan fingerprint density at radius 1 is 0.500 bits per heavy atom. The van der Waals surface area contributed by atoms with Crippen molar-refractivity contribution in [1.82, 2.24) is 0 Å². The van der Waals surface area contributed by atoms with E-state index in [-0.39, 0.29) is 0 Å². The van der Waals surface area contributed by atoms with Crippen LogP contribution >= 0.6 is 7.26 Å². The van der Waals surface area contributed by atoms with Gasteiger partial charge in [-0.2, -0.15) is 10.5 Å². The molecule has 0 aromatic heterocycles. The van der Waals surface area contributed by atoms with E-state index in [9.17, 15) is 0 Å². The summed E-state index contributed by atoms with van der Waals surface area (Å²) in [5, 5.41) is 18.6. The Kier molecular flexibility index (Phi) is 10.0. The molecule has 4 nitrogen and oxygen atoms in total. The van der Waals surface area contributed by atoms with Crippen molar-refractivity contribution in [3.63, 3.8) is 0 Å². The Morgan fingerprint density at radius 2 is 0.750 bits per heavy atom. The number of nitrogens with zero attached hydrogens (tertiary/aromatic N) is 2. The number of hydrogen-bond donors (Lipinski definition) is 2. The molecular weight excluding hydrogens is 411 g/mol. The molecule has 4 aromatic rings. The Balaban J connectivity index is 0.000000547. The molecule has 0 aliphatic carbocycles. The first-order chi connectivity index (χ1) is 15.7. The van der Waals surface area contributed by atoms with Gasteiger partial charge in [0.2, 0.25) is 0 Å². The summed E-state index contributed by atoms with van der Waals surface area (Å²) < 4.78 is 0. The van der Waals surface area contributed by atoms with Crippen LogP contribution in [-0.2, 0) is 6.16 Å². The summed E-state index contributed by atoms with van der Waals surface area (Å²) in [6, 6.07) is 44.2. The van der Waals surface area contributed by atoms with Crippen molar-refractivity contribution in [1.29, 1.82) is 10.5 Å². The quantitative estimate of drug-likeness (QED) is 0.281. The van der Waals surface area contributed by atoms with E-state index in [1.54, 1.807) is 0 Å². The predicted octanol–water partition coefficient (Wildman–Crippen LogP) is 3.77. The maximum absolute atomic E-state index is 7.10. The minimum absolute atomic E-state index is 1.06. The van der Waals surface area contributed by atoms with Gasteiger partial charge >= 0.3 is 156 Å². The first-order valence-corrected chi connectivity index (χ1v) is 12.3. The topological polar surface area (TPSA) is 99.6 Å². The molecule has 4 rings (SSSR count). The van der Waals surface area contributed by atoms with E-state index >= 15 is 0 Å². The van der Waals surface area contributed by atoms with Gasteiger partial charge in [0, 0.05) is 0 Å². The molecule has 0 bridgehead atoms. The molecule has 4 aromatic carbocycles. The van der Waals surface area contributed by atoms with E-state index in [4.69, 9.17) is 10.5 Å². The minimum atomic E-state index is -2.16. The van der Waals surface area contributed by atoms with Gasteiger partial charge in [-0.25, -0.2) is 0 Å². The van der Waals surface area contributed by atoms with Crippen LogP contribution in [0.25, 0.3) is 0 Å². The number of hydrogen-bond acceptors (Lipinski definition) is 4. The average molecular weight is 439 g/mol. The molecule has 0 unspecified atom stereocenters. The molecular formula is C27H27N4P. The van der Waals surface area contributed by atoms with E-state index in [1.807, 2.05) is 0 Å². The van der Waals surface area contributed by atoms with Crippen molar-refractivity contribution in [2.24, 2.45) is 11.5 Å². The SMILES string of the molecule is N#CN.N#CN.c1ccc(C[PH](c2ccccc2)(c2ccccc2)c2ccccc2)cc1. The third-order valence-corrected chi connectivity index (χ3v) is 10.0. The third kappa shape index (κ3) is 6.19. The van der Waals surface area contributed by atoms with E-state index in [0.717, 1.165) is 6.16 Å². The summed E-state index contributed by atoms with van der Waals surface area (Å²) in [4.78, 5) is 0. The molecule has 0 aliphatic rings. The Labute approximate surface area is 190 Å². The molecule has 0 aliphatic heterocycles. The molecule has 0 fully saturated rings. The molecule has 0 atom stereocenters. The average Bonchev–Trinajstić information content (AvgIpc) is 2.86. The van der Waals surface area contributed by atoms with Crippen LogP contribution in [0, 0.1) is 22.9 Å². The van der Waals surface area contributed by atoms with Crippen LogP contribution in [0.1, 0.15) is 5.56 Å². The molecule has 0 radical (unpaired) electrons. The van der Waals surface area contributed by atoms with Crippen molar-refractivity contribution in [3.05, 3.63) is 127 Å². The fraction of sp³-hybridized carbons (Fsp3) is 0.0370. The van der Waals surface area contributed by atoms with Gasteiger partial charge < -0.3 is 11.5 Å². The number of benzene rings is 4. The van der Waals surface area contributed by atoms with Crippen LogP contribution in [0.3, 0.4) is 0 Å². The second-order valence-corrected chi connectivity index (χ2v) is 10.8. The van der Waals surface area contributed by atoms with Gasteiger partial charge in [-0.05, 0) is 0 Å². The molecule has 0 saturated carbocycles. The number of nitrogens with two attached hydrogens (primary N) is 2. The Morgan fingerprint density at radius 3 is 1.03 bits per heavy atom. The van der Waals surface area contributed by atoms with E-state index in [0.29, 0.717) is 0 Å². The van der Waals surface area contributed by atoms with Crippen molar-refractivity contribution in [3.8, 4) is 12.4 Å². The van der Waals surface area contributed by atoms with Gasteiger partial charge in [0.05, 0.1) is 0 Å². The Bertz CT molecular complexity index is 1010. The first kappa shape index (κ1) is 24.2.